The van der Waals surface area contributed by atoms with E-state index in [1.54, 1.807) is 6.92 Å². The van der Waals surface area contributed by atoms with Crippen molar-refractivity contribution in [2.24, 2.45) is 0 Å². The van der Waals surface area contributed by atoms with E-state index < -0.39 is 16.1 Å². The molecule has 0 saturated heterocycles. The largest absolute Gasteiger partial charge is 0.360 e. The van der Waals surface area contributed by atoms with Crippen molar-refractivity contribution >= 4 is 15.9 Å². The summed E-state index contributed by atoms with van der Waals surface area (Å²) in [6.45, 7) is 5.81. The van der Waals surface area contributed by atoms with Gasteiger partial charge in [-0.3, -0.25) is 4.79 Å². The Kier molecular flexibility index (Phi) is 5.43. The highest BCUT2D eigenvalue weighted by Crippen LogP contribution is 2.24. The molecule has 9 heteroatoms. The molecule has 8 nitrogen and oxygen atoms in total. The maximum Gasteiger partial charge on any atom is 0.246 e. The Hall–Kier alpha value is -1.45. The van der Waals surface area contributed by atoms with Crippen molar-refractivity contribution in [1.82, 2.24) is 20.1 Å². The van der Waals surface area contributed by atoms with Crippen molar-refractivity contribution in [2.75, 3.05) is 20.1 Å². The summed E-state index contributed by atoms with van der Waals surface area (Å²) in [6, 6.07) is -0.248. The number of hydrogen-bond donors (Lipinski definition) is 2. The maximum absolute atomic E-state index is 12.3. The summed E-state index contributed by atoms with van der Waals surface area (Å²) in [5.41, 5.74) is 0.272. The monoisotopic (exact) mass is 344 g/mol. The highest BCUT2D eigenvalue weighted by atomic mass is 32.2. The van der Waals surface area contributed by atoms with Crippen LogP contribution in [0.25, 0.3) is 0 Å². The highest BCUT2D eigenvalue weighted by molar-refractivity contribution is 7.89. The van der Waals surface area contributed by atoms with Crippen molar-refractivity contribution in [3.8, 4) is 0 Å². The minimum atomic E-state index is -3.84. The third-order valence-electron chi connectivity index (χ3n) is 3.90. The number of sulfonamides is 1. The van der Waals surface area contributed by atoms with E-state index in [2.05, 4.69) is 20.1 Å². The predicted octanol–water partition coefficient (Wildman–Crippen LogP) is 0.169. The second kappa shape index (κ2) is 6.98. The summed E-state index contributed by atoms with van der Waals surface area (Å²) in [4.78, 5) is 14.2. The van der Waals surface area contributed by atoms with Crippen LogP contribution < -0.4 is 10.0 Å². The van der Waals surface area contributed by atoms with Crippen LogP contribution in [0.3, 0.4) is 0 Å². The first-order valence-corrected chi connectivity index (χ1v) is 9.14. The summed E-state index contributed by atoms with van der Waals surface area (Å²) >= 11 is 0. The van der Waals surface area contributed by atoms with Gasteiger partial charge in [-0.15, -0.1) is 0 Å². The molecule has 2 N–H and O–H groups in total. The molecule has 1 fully saturated rings. The average molecular weight is 344 g/mol. The third-order valence-corrected chi connectivity index (χ3v) is 5.68. The number of hydrogen-bond acceptors (Lipinski definition) is 6. The molecule has 1 aromatic rings. The van der Waals surface area contributed by atoms with Crippen LogP contribution in [0.2, 0.25) is 0 Å². The molecular weight excluding hydrogens is 320 g/mol. The van der Waals surface area contributed by atoms with E-state index in [1.807, 2.05) is 7.05 Å². The Morgan fingerprint density at radius 2 is 2.09 bits per heavy atom. The van der Waals surface area contributed by atoms with Crippen molar-refractivity contribution in [1.29, 1.82) is 0 Å². The lowest BCUT2D eigenvalue weighted by Crippen LogP contribution is -2.46. The minimum Gasteiger partial charge on any atom is -0.360 e. The topological polar surface area (TPSA) is 105 Å². The smallest absolute Gasteiger partial charge is 0.246 e. The van der Waals surface area contributed by atoms with Crippen molar-refractivity contribution < 1.29 is 17.7 Å². The van der Waals surface area contributed by atoms with Crippen LogP contribution in [-0.2, 0) is 14.8 Å². The molecule has 0 aromatic carbocycles. The zero-order valence-electron chi connectivity index (χ0n) is 13.9. The normalized spacial score (nSPS) is 16.6. The van der Waals surface area contributed by atoms with E-state index in [0.29, 0.717) is 12.6 Å². The standard InChI is InChI=1S/C14H24N4O4S/c1-9-13(11(3)22-16-9)23(20,21)17-10(2)14(19)15-7-8-18(4)12-5-6-12/h10,12,17H,5-8H2,1-4H3,(H,15,19)/t10-/m0/s1. The molecule has 2 rings (SSSR count). The van der Waals surface area contributed by atoms with Crippen LogP contribution in [0.15, 0.2) is 9.42 Å². The molecule has 1 aromatic heterocycles. The zero-order valence-corrected chi connectivity index (χ0v) is 14.7. The second-order valence-electron chi connectivity index (χ2n) is 6.00. The fourth-order valence-electron chi connectivity index (χ4n) is 2.41. The van der Waals surface area contributed by atoms with E-state index in [-0.39, 0.29) is 22.3 Å². The van der Waals surface area contributed by atoms with Crippen molar-refractivity contribution in [2.45, 2.75) is 50.6 Å². The van der Waals surface area contributed by atoms with Crippen LogP contribution in [0.5, 0.6) is 0 Å². The number of aryl methyl sites for hydroxylation is 2. The summed E-state index contributed by atoms with van der Waals surface area (Å²) < 4.78 is 31.9. The summed E-state index contributed by atoms with van der Waals surface area (Å²) in [5, 5.41) is 6.37. The Bertz CT molecular complexity index is 647. The summed E-state index contributed by atoms with van der Waals surface area (Å²) in [5.74, 6) is -0.154. The number of rotatable bonds is 8. The molecule has 1 aliphatic rings. The van der Waals surface area contributed by atoms with Crippen LogP contribution in [-0.4, -0.2) is 56.6 Å². The van der Waals surface area contributed by atoms with Gasteiger partial charge in [0.1, 0.15) is 10.6 Å². The van der Waals surface area contributed by atoms with Crippen molar-refractivity contribution in [3.63, 3.8) is 0 Å². The third kappa shape index (κ3) is 4.52. The zero-order chi connectivity index (χ0) is 17.2. The van der Waals surface area contributed by atoms with E-state index in [9.17, 15) is 13.2 Å². The van der Waals surface area contributed by atoms with Gasteiger partial charge >= 0.3 is 0 Å². The minimum absolute atomic E-state index is 0.00869. The van der Waals surface area contributed by atoms with Crippen LogP contribution >= 0.6 is 0 Å². The SMILES string of the molecule is Cc1noc(C)c1S(=O)(=O)N[C@@H](C)C(=O)NCCN(C)C1CC1. The predicted molar refractivity (Wildman–Crippen MR) is 84.4 cm³/mol. The molecule has 23 heavy (non-hydrogen) atoms. The molecule has 1 heterocycles. The van der Waals surface area contributed by atoms with Gasteiger partial charge in [0.05, 0.1) is 6.04 Å². The Morgan fingerprint density at radius 1 is 1.43 bits per heavy atom. The Labute approximate surface area is 136 Å². The van der Waals surface area contributed by atoms with Gasteiger partial charge in [-0.05, 0) is 40.7 Å². The van der Waals surface area contributed by atoms with E-state index >= 15 is 0 Å². The summed E-state index contributed by atoms with van der Waals surface area (Å²) in [6.07, 6.45) is 2.41. The van der Waals surface area contributed by atoms with Crippen LogP contribution in [0, 0.1) is 13.8 Å². The van der Waals surface area contributed by atoms with Gasteiger partial charge in [-0.2, -0.15) is 4.72 Å². The van der Waals surface area contributed by atoms with Crippen LogP contribution in [0.1, 0.15) is 31.2 Å². The van der Waals surface area contributed by atoms with Gasteiger partial charge in [0.15, 0.2) is 5.76 Å². The maximum atomic E-state index is 12.3. The first-order chi connectivity index (χ1) is 10.7. The average Bonchev–Trinajstić information content (AvgIpc) is 3.23. The highest BCUT2D eigenvalue weighted by Gasteiger charge is 2.28. The number of carbonyl (C=O) groups excluding carboxylic acids is 1. The molecule has 130 valence electrons. The molecule has 1 aliphatic carbocycles. The molecule has 0 unspecified atom stereocenters. The first-order valence-electron chi connectivity index (χ1n) is 7.65. The van der Waals surface area contributed by atoms with Gasteiger partial charge in [-0.25, -0.2) is 8.42 Å². The fraction of sp³-hybridized carbons (Fsp3) is 0.714. The lowest BCUT2D eigenvalue weighted by atomic mass is 10.3. The van der Waals surface area contributed by atoms with Gasteiger partial charge < -0.3 is 14.7 Å². The fourth-order valence-corrected chi connectivity index (χ4v) is 3.94. The molecule has 0 radical (unpaired) electrons. The van der Waals surface area contributed by atoms with E-state index in [0.717, 1.165) is 6.54 Å². The molecule has 1 saturated carbocycles. The number of amides is 1. The molecule has 0 bridgehead atoms. The molecular formula is C14H24N4O4S. The number of nitrogens with zero attached hydrogens (tertiary/aromatic N) is 2. The quantitative estimate of drug-likeness (QED) is 0.696. The molecule has 0 spiro atoms. The Morgan fingerprint density at radius 3 is 2.61 bits per heavy atom. The summed E-state index contributed by atoms with van der Waals surface area (Å²) in [7, 11) is -1.82. The molecule has 1 atom stereocenters. The van der Waals surface area contributed by atoms with E-state index in [1.165, 1.54) is 26.7 Å². The first kappa shape index (κ1) is 17.9. The van der Waals surface area contributed by atoms with Crippen LogP contribution in [0.4, 0.5) is 0 Å². The van der Waals surface area contributed by atoms with Crippen molar-refractivity contribution in [3.05, 3.63) is 11.5 Å². The van der Waals surface area contributed by atoms with Gasteiger partial charge in [0.2, 0.25) is 15.9 Å². The number of carbonyl (C=O) groups is 1. The van der Waals surface area contributed by atoms with E-state index in [4.69, 9.17) is 4.52 Å². The molecule has 0 aliphatic heterocycles. The Balaban J connectivity index is 1.87. The lowest BCUT2D eigenvalue weighted by molar-refractivity contribution is -0.122. The van der Waals surface area contributed by atoms with Gasteiger partial charge in [0, 0.05) is 19.1 Å². The number of nitrogens with one attached hydrogen (secondary N) is 2. The van der Waals surface area contributed by atoms with Gasteiger partial charge in [0.25, 0.3) is 0 Å². The number of aromatic nitrogens is 1. The second-order valence-corrected chi connectivity index (χ2v) is 7.65. The molecule has 1 amide bonds. The number of likely N-dealkylation sites (N-methyl/N-ethyl adjacent to an activating group) is 1. The van der Waals surface area contributed by atoms with Gasteiger partial charge in [-0.1, -0.05) is 5.16 Å². The lowest BCUT2D eigenvalue weighted by Gasteiger charge is -2.18.